The minimum Gasteiger partial charge on any atom is -0.308 e. The van der Waals surface area contributed by atoms with Crippen molar-refractivity contribution in [3.63, 3.8) is 0 Å². The minimum atomic E-state index is 0.967. The lowest BCUT2D eigenvalue weighted by molar-refractivity contribution is 1.16. The molecule has 0 atom stereocenters. The van der Waals surface area contributed by atoms with Crippen LogP contribution < -0.4 is 0 Å². The second-order valence-electron chi connectivity index (χ2n) is 5.43. The van der Waals surface area contributed by atoms with Gasteiger partial charge in [-0.15, -0.1) is 0 Å². The molecule has 0 radical (unpaired) electrons. The molecule has 0 amide bonds. The van der Waals surface area contributed by atoms with E-state index in [1.807, 2.05) is 24.5 Å². The van der Waals surface area contributed by atoms with Crippen molar-refractivity contribution in [2.45, 2.75) is 13.8 Å². The normalized spacial score (nSPS) is 11.3. The van der Waals surface area contributed by atoms with Gasteiger partial charge >= 0.3 is 0 Å². The Morgan fingerprint density at radius 2 is 1.90 bits per heavy atom. The molecule has 3 heterocycles. The summed E-state index contributed by atoms with van der Waals surface area (Å²) in [5.41, 5.74) is 6.51. The monoisotopic (exact) mass is 273 g/mol. The molecule has 21 heavy (non-hydrogen) atoms. The van der Waals surface area contributed by atoms with Crippen LogP contribution in [0, 0.1) is 13.8 Å². The van der Waals surface area contributed by atoms with Gasteiger partial charge in [0.15, 0.2) is 0 Å². The van der Waals surface area contributed by atoms with Gasteiger partial charge in [0.25, 0.3) is 0 Å². The van der Waals surface area contributed by atoms with Gasteiger partial charge in [0.05, 0.1) is 11.2 Å². The van der Waals surface area contributed by atoms with E-state index in [-0.39, 0.29) is 0 Å². The van der Waals surface area contributed by atoms with E-state index in [9.17, 15) is 0 Å². The Balaban J connectivity index is 2.10. The van der Waals surface area contributed by atoms with Crippen LogP contribution in [0.3, 0.4) is 0 Å². The van der Waals surface area contributed by atoms with Crippen LogP contribution in [0.1, 0.15) is 11.1 Å². The summed E-state index contributed by atoms with van der Waals surface area (Å²) in [5, 5.41) is 1.13. The molecule has 4 aromatic rings. The van der Waals surface area contributed by atoms with Crippen molar-refractivity contribution in [1.82, 2.24) is 14.4 Å². The highest BCUT2D eigenvalue weighted by Crippen LogP contribution is 2.30. The summed E-state index contributed by atoms with van der Waals surface area (Å²) in [6, 6.07) is 12.4. The minimum absolute atomic E-state index is 0.967. The molecule has 0 fully saturated rings. The molecule has 0 spiro atoms. The van der Waals surface area contributed by atoms with Gasteiger partial charge in [-0.1, -0.05) is 12.1 Å². The lowest BCUT2D eigenvalue weighted by Gasteiger charge is -2.10. The van der Waals surface area contributed by atoms with Gasteiger partial charge in [0.1, 0.15) is 5.65 Å². The first-order valence-corrected chi connectivity index (χ1v) is 7.02. The third kappa shape index (κ3) is 1.89. The van der Waals surface area contributed by atoms with Crippen LogP contribution in [0.5, 0.6) is 0 Å². The number of nitrogens with zero attached hydrogens (tertiary/aromatic N) is 3. The SMILES string of the molecule is Cc1ccc(-c2c(C)ccc3nc4cccn4cc23)nc1. The summed E-state index contributed by atoms with van der Waals surface area (Å²) >= 11 is 0. The van der Waals surface area contributed by atoms with E-state index in [1.165, 1.54) is 11.1 Å². The van der Waals surface area contributed by atoms with E-state index >= 15 is 0 Å². The third-order valence-electron chi connectivity index (χ3n) is 3.86. The summed E-state index contributed by atoms with van der Waals surface area (Å²) in [6.07, 6.45) is 6.08. The van der Waals surface area contributed by atoms with Crippen molar-refractivity contribution in [2.24, 2.45) is 0 Å². The molecule has 3 heteroatoms. The van der Waals surface area contributed by atoms with Crippen LogP contribution in [0.15, 0.2) is 55.0 Å². The zero-order chi connectivity index (χ0) is 14.4. The first-order chi connectivity index (χ1) is 10.2. The summed E-state index contributed by atoms with van der Waals surface area (Å²) in [4.78, 5) is 9.31. The van der Waals surface area contributed by atoms with E-state index in [0.29, 0.717) is 0 Å². The summed E-state index contributed by atoms with van der Waals surface area (Å²) in [7, 11) is 0. The van der Waals surface area contributed by atoms with Gasteiger partial charge in [-0.05, 0) is 49.2 Å². The number of rotatable bonds is 1. The summed E-state index contributed by atoms with van der Waals surface area (Å²) in [6.45, 7) is 4.17. The number of fused-ring (bicyclic) bond motifs is 2. The highest BCUT2D eigenvalue weighted by molar-refractivity contribution is 5.95. The van der Waals surface area contributed by atoms with Crippen molar-refractivity contribution in [2.75, 3.05) is 0 Å². The van der Waals surface area contributed by atoms with Crippen LogP contribution in [-0.2, 0) is 0 Å². The molecule has 0 bridgehead atoms. The molecule has 102 valence electrons. The molecule has 0 unspecified atom stereocenters. The average Bonchev–Trinajstić information content (AvgIpc) is 2.94. The maximum Gasteiger partial charge on any atom is 0.137 e. The van der Waals surface area contributed by atoms with E-state index in [0.717, 1.165) is 27.8 Å². The second-order valence-corrected chi connectivity index (χ2v) is 5.43. The van der Waals surface area contributed by atoms with Crippen LogP contribution in [0.4, 0.5) is 0 Å². The maximum absolute atomic E-state index is 4.72. The molecular weight excluding hydrogens is 258 g/mol. The number of benzene rings is 1. The largest absolute Gasteiger partial charge is 0.308 e. The van der Waals surface area contributed by atoms with E-state index in [1.54, 1.807) is 0 Å². The fraction of sp³-hybridized carbons (Fsp3) is 0.111. The number of pyridine rings is 1. The molecule has 3 nitrogen and oxygen atoms in total. The van der Waals surface area contributed by atoms with Gasteiger partial charge < -0.3 is 4.40 Å². The zero-order valence-electron chi connectivity index (χ0n) is 12.0. The Hall–Kier alpha value is -2.68. The van der Waals surface area contributed by atoms with E-state index in [4.69, 9.17) is 4.98 Å². The smallest absolute Gasteiger partial charge is 0.137 e. The lowest BCUT2D eigenvalue weighted by atomic mass is 10.00. The molecule has 4 rings (SSSR count). The van der Waals surface area contributed by atoms with Crippen LogP contribution in [0.2, 0.25) is 0 Å². The van der Waals surface area contributed by atoms with Crippen molar-refractivity contribution in [3.05, 3.63) is 66.1 Å². The quantitative estimate of drug-likeness (QED) is 0.521. The molecule has 1 aromatic carbocycles. The van der Waals surface area contributed by atoms with Gasteiger partial charge in [0, 0.05) is 29.5 Å². The molecule has 0 saturated heterocycles. The fourth-order valence-corrected chi connectivity index (χ4v) is 2.75. The van der Waals surface area contributed by atoms with Crippen molar-refractivity contribution < 1.29 is 0 Å². The second kappa shape index (κ2) is 4.42. The van der Waals surface area contributed by atoms with Crippen molar-refractivity contribution >= 4 is 16.6 Å². The number of hydrogen-bond acceptors (Lipinski definition) is 2. The van der Waals surface area contributed by atoms with E-state index in [2.05, 4.69) is 53.7 Å². The third-order valence-corrected chi connectivity index (χ3v) is 3.86. The number of aryl methyl sites for hydroxylation is 2. The Bertz CT molecular complexity index is 949. The predicted molar refractivity (Wildman–Crippen MR) is 85.4 cm³/mol. The Kier molecular flexibility index (Phi) is 2.54. The van der Waals surface area contributed by atoms with E-state index < -0.39 is 0 Å². The Labute approximate surface area is 122 Å². The predicted octanol–water partition coefficient (Wildman–Crippen LogP) is 4.17. The van der Waals surface area contributed by atoms with Crippen LogP contribution in [0.25, 0.3) is 27.8 Å². The highest BCUT2D eigenvalue weighted by Gasteiger charge is 2.10. The summed E-state index contributed by atoms with van der Waals surface area (Å²) in [5.74, 6) is 0. The number of hydrogen-bond donors (Lipinski definition) is 0. The Morgan fingerprint density at radius 3 is 2.71 bits per heavy atom. The van der Waals surface area contributed by atoms with Gasteiger partial charge in [-0.2, -0.15) is 0 Å². The summed E-state index contributed by atoms with van der Waals surface area (Å²) < 4.78 is 2.06. The number of aromatic nitrogens is 3. The molecule has 3 aromatic heterocycles. The average molecular weight is 273 g/mol. The molecule has 0 aliphatic carbocycles. The van der Waals surface area contributed by atoms with Crippen molar-refractivity contribution in [1.29, 1.82) is 0 Å². The maximum atomic E-state index is 4.72. The first-order valence-electron chi connectivity index (χ1n) is 7.02. The van der Waals surface area contributed by atoms with Gasteiger partial charge in [-0.25, -0.2) is 4.98 Å². The lowest BCUT2D eigenvalue weighted by Crippen LogP contribution is -1.94. The molecular formula is C18H15N3. The fourth-order valence-electron chi connectivity index (χ4n) is 2.75. The standard InChI is InChI=1S/C18H15N3/c1-12-5-7-16(19-10-12)18-13(2)6-8-15-14(18)11-21-9-3-4-17(21)20-15/h3-11H,1-2H3. The molecule has 0 aliphatic heterocycles. The highest BCUT2D eigenvalue weighted by atomic mass is 15.0. The molecule has 0 N–H and O–H groups in total. The van der Waals surface area contributed by atoms with Crippen LogP contribution in [-0.4, -0.2) is 14.4 Å². The zero-order valence-corrected chi connectivity index (χ0v) is 12.0. The molecule has 0 aliphatic rings. The van der Waals surface area contributed by atoms with Crippen LogP contribution >= 0.6 is 0 Å². The first kappa shape index (κ1) is 12.1. The van der Waals surface area contributed by atoms with Gasteiger partial charge in [0.2, 0.25) is 0 Å². The molecule has 0 saturated carbocycles. The van der Waals surface area contributed by atoms with Gasteiger partial charge in [-0.3, -0.25) is 4.98 Å². The Morgan fingerprint density at radius 1 is 1.00 bits per heavy atom. The topological polar surface area (TPSA) is 30.2 Å². The van der Waals surface area contributed by atoms with Crippen molar-refractivity contribution in [3.8, 4) is 11.3 Å².